The van der Waals surface area contributed by atoms with Gasteiger partial charge in [-0.2, -0.15) is 0 Å². The zero-order valence-corrected chi connectivity index (χ0v) is 17.5. The summed E-state index contributed by atoms with van der Waals surface area (Å²) in [6.45, 7) is 0. The normalized spacial score (nSPS) is 11.8. The van der Waals surface area contributed by atoms with Crippen LogP contribution in [0.4, 0.5) is 0 Å². The Bertz CT molecular complexity index is 1820. The van der Waals surface area contributed by atoms with Crippen molar-refractivity contribution < 1.29 is 0 Å². The third-order valence-electron chi connectivity index (χ3n) is 6.78. The fraction of sp³-hybridized carbons (Fsp3) is 0. The Morgan fingerprint density at radius 3 is 1.72 bits per heavy atom. The van der Waals surface area contributed by atoms with Gasteiger partial charge < -0.3 is 0 Å². The Morgan fingerprint density at radius 2 is 0.875 bits per heavy atom. The second-order valence-electron chi connectivity index (χ2n) is 8.58. The summed E-state index contributed by atoms with van der Waals surface area (Å²) in [4.78, 5) is 0. The van der Waals surface area contributed by atoms with E-state index in [-0.39, 0.29) is 0 Å². The van der Waals surface area contributed by atoms with E-state index in [2.05, 4.69) is 121 Å². The molecule has 0 N–H and O–H groups in total. The quantitative estimate of drug-likeness (QED) is 0.189. The molecule has 0 aliphatic rings. The summed E-state index contributed by atoms with van der Waals surface area (Å²) in [5.41, 5.74) is 2.59. The first-order valence-electron chi connectivity index (χ1n) is 11.1. The minimum absolute atomic E-state index is 1.28. The highest BCUT2D eigenvalue weighted by Crippen LogP contribution is 2.41. The van der Waals surface area contributed by atoms with Crippen LogP contribution >= 0.6 is 0 Å². The van der Waals surface area contributed by atoms with Crippen molar-refractivity contribution in [1.82, 2.24) is 0 Å². The highest BCUT2D eigenvalue weighted by Gasteiger charge is 2.13. The number of benzene rings is 7. The third kappa shape index (κ3) is 2.50. The summed E-state index contributed by atoms with van der Waals surface area (Å²) < 4.78 is 0. The Kier molecular flexibility index (Phi) is 3.65. The first kappa shape index (κ1) is 17.5. The van der Waals surface area contributed by atoms with E-state index >= 15 is 0 Å². The maximum absolute atomic E-state index is 2.37. The lowest BCUT2D eigenvalue weighted by Gasteiger charge is -2.15. The highest BCUT2D eigenvalue weighted by molar-refractivity contribution is 6.21. The highest BCUT2D eigenvalue weighted by atomic mass is 14.2. The van der Waals surface area contributed by atoms with Gasteiger partial charge in [-0.3, -0.25) is 0 Å². The van der Waals surface area contributed by atoms with Crippen molar-refractivity contribution in [3.8, 4) is 11.1 Å². The minimum atomic E-state index is 1.28. The van der Waals surface area contributed by atoms with E-state index in [1.54, 1.807) is 0 Å². The molecule has 0 amide bonds. The number of rotatable bonds is 1. The molecule has 0 bridgehead atoms. The smallest absolute Gasteiger partial charge is 0.00264 e. The van der Waals surface area contributed by atoms with Crippen molar-refractivity contribution in [3.63, 3.8) is 0 Å². The van der Waals surface area contributed by atoms with Gasteiger partial charge in [-0.05, 0) is 83.2 Å². The Morgan fingerprint density at radius 1 is 0.281 bits per heavy atom. The molecule has 0 spiro atoms. The molecule has 32 heavy (non-hydrogen) atoms. The minimum Gasteiger partial charge on any atom is -0.0616 e. The van der Waals surface area contributed by atoms with Crippen molar-refractivity contribution >= 4 is 53.9 Å². The molecule has 7 rings (SSSR count). The molecule has 0 heteroatoms. The van der Waals surface area contributed by atoms with Crippen molar-refractivity contribution in [2.24, 2.45) is 0 Å². The average molecular weight is 405 g/mol. The van der Waals surface area contributed by atoms with E-state index in [1.807, 2.05) is 0 Å². The van der Waals surface area contributed by atoms with Crippen LogP contribution in [0.25, 0.3) is 65.0 Å². The monoisotopic (exact) mass is 404 g/mol. The summed E-state index contributed by atoms with van der Waals surface area (Å²) in [6.07, 6.45) is 0. The van der Waals surface area contributed by atoms with Crippen LogP contribution in [0.5, 0.6) is 0 Å². The second kappa shape index (κ2) is 6.67. The molecular formula is C32H20. The van der Waals surface area contributed by atoms with Crippen LogP contribution in [0.1, 0.15) is 0 Å². The van der Waals surface area contributed by atoms with Crippen LogP contribution in [0.15, 0.2) is 121 Å². The molecule has 7 aromatic rings. The predicted octanol–water partition coefficient (Wildman–Crippen LogP) is 9.12. The molecule has 0 aromatic heterocycles. The van der Waals surface area contributed by atoms with Gasteiger partial charge in [0, 0.05) is 0 Å². The van der Waals surface area contributed by atoms with Crippen molar-refractivity contribution in [1.29, 1.82) is 0 Å². The van der Waals surface area contributed by atoms with Gasteiger partial charge in [-0.25, -0.2) is 0 Å². The van der Waals surface area contributed by atoms with Gasteiger partial charge in [0.2, 0.25) is 0 Å². The number of fused-ring (bicyclic) bond motifs is 7. The fourth-order valence-electron chi connectivity index (χ4n) is 5.30. The predicted molar refractivity (Wildman–Crippen MR) is 139 cm³/mol. The molecule has 0 aliphatic carbocycles. The van der Waals surface area contributed by atoms with Gasteiger partial charge in [0.15, 0.2) is 0 Å². The summed E-state index contributed by atoms with van der Waals surface area (Å²) >= 11 is 0. The Balaban J connectivity index is 1.68. The molecule has 148 valence electrons. The van der Waals surface area contributed by atoms with Crippen LogP contribution in [-0.4, -0.2) is 0 Å². The van der Waals surface area contributed by atoms with E-state index < -0.39 is 0 Å². The second-order valence-corrected chi connectivity index (χ2v) is 8.58. The van der Waals surface area contributed by atoms with Gasteiger partial charge in [0.1, 0.15) is 0 Å². The zero-order valence-electron chi connectivity index (χ0n) is 17.5. The van der Waals surface area contributed by atoms with Crippen molar-refractivity contribution in [2.45, 2.75) is 0 Å². The molecule has 0 atom stereocenters. The van der Waals surface area contributed by atoms with Crippen molar-refractivity contribution in [2.75, 3.05) is 0 Å². The largest absolute Gasteiger partial charge is 0.0616 e. The topological polar surface area (TPSA) is 0 Å². The maximum Gasteiger partial charge on any atom is -0.00264 e. The molecule has 0 saturated heterocycles. The Hall–Kier alpha value is -4.16. The van der Waals surface area contributed by atoms with Gasteiger partial charge in [-0.15, -0.1) is 0 Å². The van der Waals surface area contributed by atoms with Crippen LogP contribution in [0.2, 0.25) is 0 Å². The van der Waals surface area contributed by atoms with E-state index in [9.17, 15) is 0 Å². The van der Waals surface area contributed by atoms with E-state index in [0.29, 0.717) is 0 Å². The molecule has 0 aliphatic heterocycles. The van der Waals surface area contributed by atoms with Gasteiger partial charge in [0.05, 0.1) is 0 Å². The lowest BCUT2D eigenvalue weighted by molar-refractivity contribution is 1.71. The van der Waals surface area contributed by atoms with Crippen LogP contribution in [0.3, 0.4) is 0 Å². The molecule has 0 radical (unpaired) electrons. The standard InChI is InChI=1S/C32H20/c1-2-9-23-19-30-25(18-22(23)8-1)17-16-21-11-7-15-29(32(21)30)31-20-24-10-3-4-12-26(24)27-13-5-6-14-28(27)31/h1-20H. The molecule has 7 aromatic carbocycles. The van der Waals surface area contributed by atoms with E-state index in [0.717, 1.165) is 0 Å². The first-order valence-corrected chi connectivity index (χ1v) is 11.1. The van der Waals surface area contributed by atoms with Gasteiger partial charge in [-0.1, -0.05) is 103 Å². The van der Waals surface area contributed by atoms with Crippen LogP contribution in [0, 0.1) is 0 Å². The molecular weight excluding hydrogens is 384 g/mol. The van der Waals surface area contributed by atoms with Gasteiger partial charge in [0.25, 0.3) is 0 Å². The summed E-state index contributed by atoms with van der Waals surface area (Å²) in [5.74, 6) is 0. The summed E-state index contributed by atoms with van der Waals surface area (Å²) in [6, 6.07) is 44.4. The fourth-order valence-corrected chi connectivity index (χ4v) is 5.30. The SMILES string of the molecule is c1ccc2cc3c(ccc4cccc(-c5cc6ccccc6c6ccccc56)c43)cc2c1. The lowest BCUT2D eigenvalue weighted by Crippen LogP contribution is -1.88. The number of hydrogen-bond donors (Lipinski definition) is 0. The van der Waals surface area contributed by atoms with Gasteiger partial charge >= 0.3 is 0 Å². The molecule has 0 saturated carbocycles. The Labute approximate surface area is 186 Å². The lowest BCUT2D eigenvalue weighted by atomic mass is 9.88. The van der Waals surface area contributed by atoms with E-state index in [1.165, 1.54) is 65.0 Å². The number of hydrogen-bond acceptors (Lipinski definition) is 0. The third-order valence-corrected chi connectivity index (χ3v) is 6.78. The van der Waals surface area contributed by atoms with Crippen LogP contribution < -0.4 is 0 Å². The molecule has 0 nitrogen and oxygen atoms in total. The first-order chi connectivity index (χ1) is 15.9. The zero-order chi connectivity index (χ0) is 21.1. The summed E-state index contributed by atoms with van der Waals surface area (Å²) in [7, 11) is 0. The summed E-state index contributed by atoms with van der Waals surface area (Å²) in [5, 5.41) is 13.0. The van der Waals surface area contributed by atoms with Crippen molar-refractivity contribution in [3.05, 3.63) is 121 Å². The molecule has 0 fully saturated rings. The molecule has 0 unspecified atom stereocenters. The maximum atomic E-state index is 2.37. The van der Waals surface area contributed by atoms with Crippen LogP contribution in [-0.2, 0) is 0 Å². The molecule has 0 heterocycles. The average Bonchev–Trinajstić information content (AvgIpc) is 2.86. The van der Waals surface area contributed by atoms with E-state index in [4.69, 9.17) is 0 Å².